The van der Waals surface area contributed by atoms with Crippen LogP contribution >= 0.6 is 0 Å². The smallest absolute Gasteiger partial charge is 0.247 e. The maximum Gasteiger partial charge on any atom is 0.247 e. The molecule has 1 fully saturated rings. The van der Waals surface area contributed by atoms with Crippen LogP contribution in [0.5, 0.6) is 0 Å². The Bertz CT molecular complexity index is 1170. The molecule has 0 amide bonds. The largest absolute Gasteiger partial charge is 0.341 e. The molecule has 0 bridgehead atoms. The molecule has 10 heteroatoms. The second-order valence-corrected chi connectivity index (χ2v) is 8.46. The second-order valence-electron chi connectivity index (χ2n) is 6.55. The molecule has 8 nitrogen and oxygen atoms in total. The van der Waals surface area contributed by atoms with Gasteiger partial charge in [-0.05, 0) is 35.9 Å². The molecule has 3 heterocycles. The van der Waals surface area contributed by atoms with Crippen LogP contribution in [-0.2, 0) is 19.3 Å². The lowest BCUT2D eigenvalue weighted by molar-refractivity contribution is -0.165. The second kappa shape index (κ2) is 7.47. The van der Waals surface area contributed by atoms with E-state index < -0.39 is 16.1 Å². The summed E-state index contributed by atoms with van der Waals surface area (Å²) in [4.78, 5) is 15.6. The summed E-state index contributed by atoms with van der Waals surface area (Å²) in [6, 6.07) is 7.33. The zero-order valence-electron chi connectivity index (χ0n) is 15.4. The normalized spacial score (nSPS) is 15.6. The Labute approximate surface area is 166 Å². The van der Waals surface area contributed by atoms with Crippen molar-refractivity contribution in [2.75, 3.05) is 19.5 Å². The number of benzene rings is 1. The van der Waals surface area contributed by atoms with E-state index >= 15 is 0 Å². The molecule has 1 aliphatic heterocycles. The SMILES string of the molecule is C=C1COC(c2nc(-c3ccc(F)cc3)c(-c3ccnc(S(C)(=O)=O)n3)[nH]2)OC1. The van der Waals surface area contributed by atoms with E-state index in [1.54, 1.807) is 18.2 Å². The van der Waals surface area contributed by atoms with Gasteiger partial charge in [0.2, 0.25) is 21.3 Å². The van der Waals surface area contributed by atoms with Crippen LogP contribution in [0.25, 0.3) is 22.6 Å². The van der Waals surface area contributed by atoms with Gasteiger partial charge in [0, 0.05) is 18.0 Å². The van der Waals surface area contributed by atoms with Crippen LogP contribution in [-0.4, -0.2) is 47.8 Å². The lowest BCUT2D eigenvalue weighted by Crippen LogP contribution is -2.20. The van der Waals surface area contributed by atoms with Gasteiger partial charge in [-0.25, -0.2) is 27.8 Å². The highest BCUT2D eigenvalue weighted by atomic mass is 32.2. The first-order valence-electron chi connectivity index (χ1n) is 8.60. The van der Waals surface area contributed by atoms with Crippen LogP contribution in [0.15, 0.2) is 53.8 Å². The molecule has 4 rings (SSSR count). The van der Waals surface area contributed by atoms with E-state index in [2.05, 4.69) is 26.5 Å². The van der Waals surface area contributed by atoms with Gasteiger partial charge >= 0.3 is 0 Å². The van der Waals surface area contributed by atoms with Crippen molar-refractivity contribution in [3.05, 3.63) is 60.3 Å². The van der Waals surface area contributed by atoms with E-state index in [-0.39, 0.29) is 11.0 Å². The first-order valence-corrected chi connectivity index (χ1v) is 10.5. The van der Waals surface area contributed by atoms with Crippen molar-refractivity contribution in [2.24, 2.45) is 0 Å². The molecular weight excluding hydrogens is 399 g/mol. The van der Waals surface area contributed by atoms with E-state index in [9.17, 15) is 12.8 Å². The van der Waals surface area contributed by atoms with Crippen LogP contribution in [0.4, 0.5) is 4.39 Å². The average molecular weight is 416 g/mol. The number of sulfone groups is 1. The molecule has 150 valence electrons. The van der Waals surface area contributed by atoms with E-state index in [0.717, 1.165) is 11.8 Å². The van der Waals surface area contributed by atoms with Crippen molar-refractivity contribution >= 4 is 9.84 Å². The average Bonchev–Trinajstić information content (AvgIpc) is 3.14. The topological polar surface area (TPSA) is 107 Å². The van der Waals surface area contributed by atoms with Gasteiger partial charge < -0.3 is 14.5 Å². The van der Waals surface area contributed by atoms with Crippen molar-refractivity contribution in [1.29, 1.82) is 0 Å². The third kappa shape index (κ3) is 4.09. The number of hydrogen-bond acceptors (Lipinski definition) is 7. The lowest BCUT2D eigenvalue weighted by atomic mass is 10.1. The summed E-state index contributed by atoms with van der Waals surface area (Å²) in [5.41, 5.74) is 2.63. The minimum atomic E-state index is -3.60. The van der Waals surface area contributed by atoms with Gasteiger partial charge in [-0.3, -0.25) is 0 Å². The maximum atomic E-state index is 13.4. The number of halogens is 1. The Balaban J connectivity index is 1.83. The van der Waals surface area contributed by atoms with Gasteiger partial charge in [0.15, 0.2) is 5.82 Å². The van der Waals surface area contributed by atoms with Gasteiger partial charge in [0.1, 0.15) is 5.82 Å². The lowest BCUT2D eigenvalue weighted by Gasteiger charge is -2.22. The van der Waals surface area contributed by atoms with E-state index in [4.69, 9.17) is 9.47 Å². The zero-order chi connectivity index (χ0) is 20.6. The van der Waals surface area contributed by atoms with Crippen LogP contribution in [0.3, 0.4) is 0 Å². The molecular formula is C19H17FN4O4S. The maximum absolute atomic E-state index is 13.4. The quantitative estimate of drug-likeness (QED) is 0.515. The first-order chi connectivity index (χ1) is 13.8. The molecule has 1 saturated heterocycles. The third-order valence-corrected chi connectivity index (χ3v) is 5.02. The highest BCUT2D eigenvalue weighted by Gasteiger charge is 2.25. The van der Waals surface area contributed by atoms with Gasteiger partial charge in [-0.15, -0.1) is 0 Å². The molecule has 2 aromatic heterocycles. The summed E-state index contributed by atoms with van der Waals surface area (Å²) in [5, 5.41) is -0.308. The number of nitrogens with zero attached hydrogens (tertiary/aromatic N) is 3. The molecule has 1 N–H and O–H groups in total. The van der Waals surface area contributed by atoms with Crippen molar-refractivity contribution in [1.82, 2.24) is 19.9 Å². The zero-order valence-corrected chi connectivity index (χ0v) is 16.2. The molecule has 1 aromatic carbocycles. The Morgan fingerprint density at radius 3 is 2.48 bits per heavy atom. The fraction of sp³-hybridized carbons (Fsp3) is 0.211. The summed E-state index contributed by atoms with van der Waals surface area (Å²) in [7, 11) is -3.60. The third-order valence-electron chi connectivity index (χ3n) is 4.16. The van der Waals surface area contributed by atoms with Gasteiger partial charge in [-0.2, -0.15) is 0 Å². The number of hydrogen-bond donors (Lipinski definition) is 1. The molecule has 0 aliphatic carbocycles. The fourth-order valence-electron chi connectivity index (χ4n) is 2.80. The van der Waals surface area contributed by atoms with Crippen LogP contribution < -0.4 is 0 Å². The molecule has 0 saturated carbocycles. The van der Waals surface area contributed by atoms with Crippen molar-refractivity contribution < 1.29 is 22.3 Å². The van der Waals surface area contributed by atoms with E-state index in [1.165, 1.54) is 18.3 Å². The van der Waals surface area contributed by atoms with Gasteiger partial charge in [0.25, 0.3) is 0 Å². The number of imidazole rings is 1. The molecule has 0 unspecified atom stereocenters. The van der Waals surface area contributed by atoms with Crippen LogP contribution in [0.1, 0.15) is 12.1 Å². The van der Waals surface area contributed by atoms with Crippen LogP contribution in [0, 0.1) is 5.82 Å². The number of rotatable bonds is 4. The number of nitrogens with one attached hydrogen (secondary N) is 1. The summed E-state index contributed by atoms with van der Waals surface area (Å²) in [6.07, 6.45) is 1.64. The van der Waals surface area contributed by atoms with E-state index in [0.29, 0.717) is 41.7 Å². The fourth-order valence-corrected chi connectivity index (χ4v) is 3.32. The minimum absolute atomic E-state index is 0.308. The molecule has 1 aliphatic rings. The molecule has 29 heavy (non-hydrogen) atoms. The van der Waals surface area contributed by atoms with Gasteiger partial charge in [-0.1, -0.05) is 6.58 Å². The first kappa shape index (κ1) is 19.4. The summed E-state index contributed by atoms with van der Waals surface area (Å²) >= 11 is 0. The van der Waals surface area contributed by atoms with Gasteiger partial charge in [0.05, 0.1) is 30.3 Å². The van der Waals surface area contributed by atoms with E-state index in [1.807, 2.05) is 0 Å². The predicted octanol–water partition coefficient (Wildman–Crippen LogP) is 2.68. The Morgan fingerprint density at radius 1 is 1.14 bits per heavy atom. The van der Waals surface area contributed by atoms with Crippen molar-refractivity contribution in [3.63, 3.8) is 0 Å². The number of H-pyrrole nitrogens is 1. The Kier molecular flexibility index (Phi) is 4.99. The molecule has 0 radical (unpaired) electrons. The van der Waals surface area contributed by atoms with Crippen LogP contribution in [0.2, 0.25) is 0 Å². The molecule has 0 atom stereocenters. The summed E-state index contributed by atoms with van der Waals surface area (Å²) in [5.74, 6) is -0.00346. The standard InChI is InChI=1S/C19H17FN4O4S/c1-11-9-27-18(28-10-11)17-23-15(12-3-5-13(20)6-4-12)16(24-17)14-7-8-21-19(22-14)29(2,25)26/h3-8,18H,1,9-10H2,2H3,(H,23,24). The highest BCUT2D eigenvalue weighted by Crippen LogP contribution is 2.33. The predicted molar refractivity (Wildman–Crippen MR) is 102 cm³/mol. The summed E-state index contributed by atoms with van der Waals surface area (Å²) in [6.45, 7) is 4.47. The van der Waals surface area contributed by atoms with Crippen molar-refractivity contribution in [2.45, 2.75) is 11.4 Å². The Hall–Kier alpha value is -2.95. The number of ether oxygens (including phenoxy) is 2. The molecule has 0 spiro atoms. The molecule has 3 aromatic rings. The number of aromatic nitrogens is 4. The monoisotopic (exact) mass is 416 g/mol. The summed E-state index contributed by atoms with van der Waals surface area (Å²) < 4.78 is 48.3. The minimum Gasteiger partial charge on any atom is -0.341 e. The Morgan fingerprint density at radius 2 is 1.83 bits per heavy atom. The van der Waals surface area contributed by atoms with Crippen molar-refractivity contribution in [3.8, 4) is 22.6 Å². The number of aromatic amines is 1. The highest BCUT2D eigenvalue weighted by molar-refractivity contribution is 7.90.